The van der Waals surface area contributed by atoms with Gasteiger partial charge in [-0.05, 0) is 6.07 Å². The average molecular weight is 176 g/mol. The van der Waals surface area contributed by atoms with E-state index in [-0.39, 0.29) is 41.0 Å². The van der Waals surface area contributed by atoms with Gasteiger partial charge in [-0.1, -0.05) is 12.1 Å². The van der Waals surface area contributed by atoms with Gasteiger partial charge in [0.15, 0.2) is 5.75 Å². The third-order valence-corrected chi connectivity index (χ3v) is 1.28. The number of nitrogens with zero attached hydrogens (tertiary/aromatic N) is 1. The molecule has 0 spiro atoms. The molecule has 1 rings (SSSR count). The number of nitro groups is 1. The fourth-order valence-electron chi connectivity index (χ4n) is 0.781. The molecule has 4 nitrogen and oxygen atoms in total. The molecular weight excluding hydrogens is 169 g/mol. The van der Waals surface area contributed by atoms with Gasteiger partial charge in [0.25, 0.3) is 0 Å². The molecule has 0 aliphatic heterocycles. The summed E-state index contributed by atoms with van der Waals surface area (Å²) >= 11 is 0. The van der Waals surface area contributed by atoms with Crippen molar-refractivity contribution in [2.45, 2.75) is 0 Å². The van der Waals surface area contributed by atoms with Crippen LogP contribution in [0.3, 0.4) is 0 Å². The zero-order valence-electron chi connectivity index (χ0n) is 6.98. The van der Waals surface area contributed by atoms with Crippen LogP contribution in [-0.4, -0.2) is 41.6 Å². The Kier molecular flexibility index (Phi) is 4.89. The fraction of sp³-hybridized carbons (Fsp3) is 0.143. The second kappa shape index (κ2) is 5.13. The Morgan fingerprint density at radius 3 is 2.42 bits per heavy atom. The van der Waals surface area contributed by atoms with Crippen LogP contribution in [0.5, 0.6) is 5.75 Å². The molecule has 5 heteroatoms. The number of hydrogen-bond acceptors (Lipinski definition) is 3. The summed E-state index contributed by atoms with van der Waals surface area (Å²) in [5.41, 5.74) is -0.00463. The van der Waals surface area contributed by atoms with E-state index in [1.54, 1.807) is 18.2 Å². The first kappa shape index (κ1) is 11.4. The topological polar surface area (TPSA) is 52.4 Å². The Balaban J connectivity index is 0.00000121. The zero-order valence-corrected chi connectivity index (χ0v) is 8.98. The van der Waals surface area contributed by atoms with E-state index in [1.165, 1.54) is 13.2 Å². The SMILES string of the molecule is COc1ccccc1[N+](=O)[O-].[Na]. The largest absolute Gasteiger partial charge is 0.490 e. The molecule has 59 valence electrons. The molecule has 0 N–H and O–H groups in total. The number of nitro benzene ring substituents is 1. The Morgan fingerprint density at radius 2 is 2.00 bits per heavy atom. The molecule has 0 fully saturated rings. The van der Waals surface area contributed by atoms with Crippen LogP contribution in [0.1, 0.15) is 0 Å². The molecule has 1 aromatic carbocycles. The third-order valence-electron chi connectivity index (χ3n) is 1.28. The summed E-state index contributed by atoms with van der Waals surface area (Å²) in [6.07, 6.45) is 0. The summed E-state index contributed by atoms with van der Waals surface area (Å²) < 4.78 is 4.76. The van der Waals surface area contributed by atoms with Gasteiger partial charge in [0.1, 0.15) is 0 Å². The van der Waals surface area contributed by atoms with Crippen molar-refractivity contribution in [3.05, 3.63) is 34.4 Å². The van der Waals surface area contributed by atoms with Crippen LogP contribution in [0.4, 0.5) is 5.69 Å². The van der Waals surface area contributed by atoms with E-state index in [0.717, 1.165) is 0 Å². The first-order valence-corrected chi connectivity index (χ1v) is 3.03. The van der Waals surface area contributed by atoms with Gasteiger partial charge in [0.2, 0.25) is 0 Å². The predicted molar refractivity (Wildman–Crippen MR) is 45.4 cm³/mol. The first-order chi connectivity index (χ1) is 5.25. The van der Waals surface area contributed by atoms with E-state index in [9.17, 15) is 10.1 Å². The van der Waals surface area contributed by atoms with Crippen LogP contribution in [-0.2, 0) is 0 Å². The number of ether oxygens (including phenoxy) is 1. The van der Waals surface area contributed by atoms with Crippen molar-refractivity contribution in [3.63, 3.8) is 0 Å². The number of para-hydroxylation sites is 2. The van der Waals surface area contributed by atoms with E-state index in [2.05, 4.69) is 0 Å². The minimum Gasteiger partial charge on any atom is -0.490 e. The molecule has 0 aromatic heterocycles. The molecule has 0 amide bonds. The van der Waals surface area contributed by atoms with Crippen LogP contribution in [0.15, 0.2) is 24.3 Å². The van der Waals surface area contributed by atoms with E-state index < -0.39 is 4.92 Å². The first-order valence-electron chi connectivity index (χ1n) is 3.03. The molecule has 0 heterocycles. The molecule has 1 radical (unpaired) electrons. The summed E-state index contributed by atoms with van der Waals surface area (Å²) in [6.45, 7) is 0. The molecule has 0 unspecified atom stereocenters. The maximum atomic E-state index is 10.3. The second-order valence-corrected chi connectivity index (χ2v) is 1.93. The normalized spacial score (nSPS) is 8.42. The second-order valence-electron chi connectivity index (χ2n) is 1.93. The quantitative estimate of drug-likeness (QED) is 0.386. The van der Waals surface area contributed by atoms with Gasteiger partial charge in [-0.15, -0.1) is 0 Å². The summed E-state index contributed by atoms with van der Waals surface area (Å²) in [5.74, 6) is 0.289. The van der Waals surface area contributed by atoms with Crippen molar-refractivity contribution >= 4 is 35.2 Å². The molecule has 1 aromatic rings. The standard InChI is InChI=1S/C7H7NO3.Na/c1-11-7-5-3-2-4-6(7)8(9)10;/h2-5H,1H3;. The van der Waals surface area contributed by atoms with Crippen molar-refractivity contribution in [2.24, 2.45) is 0 Å². The minimum absolute atomic E-state index is 0. The summed E-state index contributed by atoms with van der Waals surface area (Å²) in [7, 11) is 1.41. The number of rotatable bonds is 2. The molecule has 0 saturated carbocycles. The molecule has 0 aliphatic rings. The van der Waals surface area contributed by atoms with E-state index in [1.807, 2.05) is 0 Å². The summed E-state index contributed by atoms with van der Waals surface area (Å²) in [6, 6.07) is 6.24. The van der Waals surface area contributed by atoms with E-state index in [0.29, 0.717) is 0 Å². The smallest absolute Gasteiger partial charge is 0.310 e. The van der Waals surface area contributed by atoms with Crippen molar-refractivity contribution in [1.82, 2.24) is 0 Å². The maximum absolute atomic E-state index is 10.3. The van der Waals surface area contributed by atoms with Crippen LogP contribution in [0, 0.1) is 10.1 Å². The minimum atomic E-state index is -0.473. The Hall–Kier alpha value is -0.580. The van der Waals surface area contributed by atoms with Crippen LogP contribution in [0.25, 0.3) is 0 Å². The van der Waals surface area contributed by atoms with Gasteiger partial charge in [-0.25, -0.2) is 0 Å². The van der Waals surface area contributed by atoms with Gasteiger partial charge in [0.05, 0.1) is 12.0 Å². The average Bonchev–Trinajstić information content (AvgIpc) is 2.04. The van der Waals surface area contributed by atoms with Crippen LogP contribution < -0.4 is 4.74 Å². The van der Waals surface area contributed by atoms with Gasteiger partial charge in [-0.2, -0.15) is 0 Å². The van der Waals surface area contributed by atoms with Crippen LogP contribution in [0.2, 0.25) is 0 Å². The Labute approximate surface area is 92.0 Å². The monoisotopic (exact) mass is 176 g/mol. The van der Waals surface area contributed by atoms with E-state index >= 15 is 0 Å². The van der Waals surface area contributed by atoms with Gasteiger partial charge in [0, 0.05) is 35.6 Å². The van der Waals surface area contributed by atoms with Gasteiger partial charge < -0.3 is 4.74 Å². The fourth-order valence-corrected chi connectivity index (χ4v) is 0.781. The number of methoxy groups -OCH3 is 1. The van der Waals surface area contributed by atoms with Crippen molar-refractivity contribution in [2.75, 3.05) is 7.11 Å². The van der Waals surface area contributed by atoms with E-state index in [4.69, 9.17) is 4.74 Å². The Morgan fingerprint density at radius 1 is 1.42 bits per heavy atom. The summed E-state index contributed by atoms with van der Waals surface area (Å²) in [5, 5.41) is 10.3. The van der Waals surface area contributed by atoms with Crippen molar-refractivity contribution in [3.8, 4) is 5.75 Å². The van der Waals surface area contributed by atoms with Gasteiger partial charge in [-0.3, -0.25) is 10.1 Å². The van der Waals surface area contributed by atoms with Crippen LogP contribution >= 0.6 is 0 Å². The molecular formula is C7H7NNaO3. The molecule has 12 heavy (non-hydrogen) atoms. The zero-order chi connectivity index (χ0) is 8.27. The molecule has 0 bridgehead atoms. The summed E-state index contributed by atoms with van der Waals surface area (Å²) in [4.78, 5) is 9.83. The Bertz CT molecular complexity index is 277. The third kappa shape index (κ3) is 2.48. The van der Waals surface area contributed by atoms with Crippen molar-refractivity contribution in [1.29, 1.82) is 0 Å². The molecule has 0 saturated heterocycles. The maximum Gasteiger partial charge on any atom is 0.310 e. The predicted octanol–water partition coefficient (Wildman–Crippen LogP) is 1.22. The molecule has 0 atom stereocenters. The number of hydrogen-bond donors (Lipinski definition) is 0. The van der Waals surface area contributed by atoms with Crippen molar-refractivity contribution < 1.29 is 9.66 Å². The number of benzene rings is 1. The van der Waals surface area contributed by atoms with Gasteiger partial charge >= 0.3 is 5.69 Å². The molecule has 0 aliphatic carbocycles.